The van der Waals surface area contributed by atoms with Gasteiger partial charge in [-0.1, -0.05) is 6.42 Å². The van der Waals surface area contributed by atoms with E-state index in [4.69, 9.17) is 11.6 Å². The van der Waals surface area contributed by atoms with Crippen molar-refractivity contribution in [1.82, 2.24) is 19.7 Å². The van der Waals surface area contributed by atoms with Crippen LogP contribution in [0.2, 0.25) is 0 Å². The van der Waals surface area contributed by atoms with Crippen LogP contribution in [0, 0.1) is 0 Å². The number of alkyl halides is 1. The Morgan fingerprint density at radius 2 is 2.11 bits per heavy atom. The van der Waals surface area contributed by atoms with Crippen LogP contribution >= 0.6 is 11.6 Å². The van der Waals surface area contributed by atoms with Crippen LogP contribution in [-0.2, 0) is 7.05 Å². The number of halogens is 1. The molecule has 2 heterocycles. The summed E-state index contributed by atoms with van der Waals surface area (Å²) in [6, 6.07) is 0. The Kier molecular flexibility index (Phi) is 4.36. The number of hydrogen-bond acceptors (Lipinski definition) is 4. The third-order valence-corrected chi connectivity index (χ3v) is 3.26. The van der Waals surface area contributed by atoms with E-state index in [1.807, 2.05) is 13.2 Å². The molecule has 0 saturated carbocycles. The lowest BCUT2D eigenvalue weighted by atomic mass is 10.2. The van der Waals surface area contributed by atoms with Gasteiger partial charge in [0.1, 0.15) is 12.1 Å². The Bertz CT molecular complexity index is 510. The number of aromatic nitrogens is 4. The first kappa shape index (κ1) is 13.1. The van der Waals surface area contributed by atoms with Crippen molar-refractivity contribution in [2.45, 2.75) is 19.3 Å². The Morgan fingerprint density at radius 1 is 1.28 bits per heavy atom. The van der Waals surface area contributed by atoms with Crippen LogP contribution < -0.4 is 4.90 Å². The molecule has 0 aliphatic carbocycles. The molecule has 98 valence electrons. The van der Waals surface area contributed by atoms with Crippen LogP contribution in [0.3, 0.4) is 0 Å². The first-order chi connectivity index (χ1) is 8.74. The maximum Gasteiger partial charge on any atom is 0.163 e. The van der Waals surface area contributed by atoms with Crippen LogP contribution in [-0.4, -0.2) is 39.2 Å². The molecule has 0 unspecified atom stereocenters. The quantitative estimate of drug-likeness (QED) is 0.595. The number of rotatable bonds is 6. The van der Waals surface area contributed by atoms with E-state index >= 15 is 0 Å². The molecule has 0 fully saturated rings. The fourth-order valence-electron chi connectivity index (χ4n) is 1.98. The summed E-state index contributed by atoms with van der Waals surface area (Å²) >= 11 is 5.67. The van der Waals surface area contributed by atoms with Crippen LogP contribution in [0.5, 0.6) is 0 Å². The van der Waals surface area contributed by atoms with Gasteiger partial charge in [-0.05, 0) is 12.8 Å². The van der Waals surface area contributed by atoms with E-state index in [1.54, 1.807) is 11.0 Å². The standard InChI is InChI=1S/C12H18ClN5/c1-17(7-5-3-4-6-13)11-10-8-16-18(2)12(10)15-9-14-11/h8-9H,3-7H2,1-2H3. The smallest absolute Gasteiger partial charge is 0.163 e. The van der Waals surface area contributed by atoms with Crippen LogP contribution in [0.15, 0.2) is 12.5 Å². The summed E-state index contributed by atoms with van der Waals surface area (Å²) in [7, 11) is 3.94. The predicted molar refractivity (Wildman–Crippen MR) is 74.1 cm³/mol. The van der Waals surface area contributed by atoms with E-state index < -0.39 is 0 Å². The van der Waals surface area contributed by atoms with Crippen molar-refractivity contribution in [3.05, 3.63) is 12.5 Å². The second-order valence-electron chi connectivity index (χ2n) is 4.37. The number of hydrogen-bond donors (Lipinski definition) is 0. The summed E-state index contributed by atoms with van der Waals surface area (Å²) in [5.74, 6) is 1.68. The minimum Gasteiger partial charge on any atom is -0.359 e. The van der Waals surface area contributed by atoms with Crippen molar-refractivity contribution in [2.24, 2.45) is 7.05 Å². The van der Waals surface area contributed by atoms with Crippen LogP contribution in [0.4, 0.5) is 5.82 Å². The van der Waals surface area contributed by atoms with Crippen LogP contribution in [0.25, 0.3) is 11.0 Å². The molecule has 5 nitrogen and oxygen atoms in total. The molecular formula is C12H18ClN5. The average Bonchev–Trinajstić information content (AvgIpc) is 2.76. The van der Waals surface area contributed by atoms with Crippen molar-refractivity contribution >= 4 is 28.5 Å². The number of anilines is 1. The number of fused-ring (bicyclic) bond motifs is 1. The maximum atomic E-state index is 5.67. The van der Waals surface area contributed by atoms with E-state index in [0.29, 0.717) is 0 Å². The molecule has 0 bridgehead atoms. The van der Waals surface area contributed by atoms with Crippen molar-refractivity contribution in [3.63, 3.8) is 0 Å². The van der Waals surface area contributed by atoms with E-state index in [-0.39, 0.29) is 0 Å². The van der Waals surface area contributed by atoms with Gasteiger partial charge in [0.05, 0.1) is 11.6 Å². The monoisotopic (exact) mass is 267 g/mol. The van der Waals surface area contributed by atoms with Crippen LogP contribution in [0.1, 0.15) is 19.3 Å². The zero-order valence-electron chi connectivity index (χ0n) is 10.8. The van der Waals surface area contributed by atoms with Crippen molar-refractivity contribution in [1.29, 1.82) is 0 Å². The van der Waals surface area contributed by atoms with Gasteiger partial charge < -0.3 is 4.90 Å². The van der Waals surface area contributed by atoms with Gasteiger partial charge in [0.2, 0.25) is 0 Å². The lowest BCUT2D eigenvalue weighted by Gasteiger charge is -2.18. The van der Waals surface area contributed by atoms with Gasteiger partial charge in [-0.25, -0.2) is 9.97 Å². The second-order valence-corrected chi connectivity index (χ2v) is 4.75. The summed E-state index contributed by atoms with van der Waals surface area (Å²) in [6.45, 7) is 0.970. The third kappa shape index (κ3) is 2.72. The normalized spacial score (nSPS) is 11.1. The first-order valence-electron chi connectivity index (χ1n) is 6.14. The maximum absolute atomic E-state index is 5.67. The molecule has 2 aromatic heterocycles. The van der Waals surface area contributed by atoms with Gasteiger partial charge in [-0.15, -0.1) is 11.6 Å². The highest BCUT2D eigenvalue weighted by molar-refractivity contribution is 6.17. The highest BCUT2D eigenvalue weighted by atomic mass is 35.5. The van der Waals surface area contributed by atoms with Gasteiger partial charge in [-0.3, -0.25) is 4.68 Å². The summed E-state index contributed by atoms with van der Waals surface area (Å²) in [6.07, 6.45) is 6.75. The first-order valence-corrected chi connectivity index (χ1v) is 6.67. The lowest BCUT2D eigenvalue weighted by molar-refractivity contribution is 0.704. The lowest BCUT2D eigenvalue weighted by Crippen LogP contribution is -2.20. The molecule has 0 N–H and O–H groups in total. The topological polar surface area (TPSA) is 46.8 Å². The summed E-state index contributed by atoms with van der Waals surface area (Å²) < 4.78 is 1.77. The Labute approximate surface area is 112 Å². The van der Waals surface area contributed by atoms with Gasteiger partial charge >= 0.3 is 0 Å². The van der Waals surface area contributed by atoms with E-state index in [2.05, 4.69) is 27.0 Å². The molecule has 0 saturated heterocycles. The summed E-state index contributed by atoms with van der Waals surface area (Å²) in [5.41, 5.74) is 0.868. The fraction of sp³-hybridized carbons (Fsp3) is 0.583. The van der Waals surface area contributed by atoms with Gasteiger partial charge in [0, 0.05) is 26.5 Å². The van der Waals surface area contributed by atoms with E-state index in [0.717, 1.165) is 48.5 Å². The average molecular weight is 268 g/mol. The molecule has 2 rings (SSSR count). The minimum atomic E-state index is 0.740. The van der Waals surface area contributed by atoms with E-state index in [1.165, 1.54) is 0 Å². The van der Waals surface area contributed by atoms with Gasteiger partial charge in [0.25, 0.3) is 0 Å². The number of nitrogens with zero attached hydrogens (tertiary/aromatic N) is 5. The largest absolute Gasteiger partial charge is 0.359 e. The molecular weight excluding hydrogens is 250 g/mol. The third-order valence-electron chi connectivity index (χ3n) is 3.00. The summed E-state index contributed by atoms with van der Waals surface area (Å²) in [5, 5.41) is 5.22. The molecule has 2 aromatic rings. The highest BCUT2D eigenvalue weighted by Crippen LogP contribution is 2.21. The fourth-order valence-corrected chi connectivity index (χ4v) is 2.17. The molecule has 0 atom stereocenters. The molecule has 18 heavy (non-hydrogen) atoms. The highest BCUT2D eigenvalue weighted by Gasteiger charge is 2.11. The molecule has 0 radical (unpaired) electrons. The second kappa shape index (κ2) is 6.00. The summed E-state index contributed by atoms with van der Waals surface area (Å²) in [4.78, 5) is 10.7. The Morgan fingerprint density at radius 3 is 2.89 bits per heavy atom. The van der Waals surface area contributed by atoms with Gasteiger partial charge in [-0.2, -0.15) is 5.10 Å². The molecule has 0 aliphatic heterocycles. The number of unbranched alkanes of at least 4 members (excludes halogenated alkanes) is 2. The van der Waals surface area contributed by atoms with Crippen molar-refractivity contribution < 1.29 is 0 Å². The predicted octanol–water partition coefficient (Wildman–Crippen LogP) is 2.21. The van der Waals surface area contributed by atoms with E-state index in [9.17, 15) is 0 Å². The van der Waals surface area contributed by atoms with Crippen molar-refractivity contribution in [2.75, 3.05) is 24.4 Å². The zero-order valence-corrected chi connectivity index (χ0v) is 11.6. The Balaban J connectivity index is 2.10. The molecule has 0 amide bonds. The number of aryl methyl sites for hydroxylation is 1. The van der Waals surface area contributed by atoms with Crippen molar-refractivity contribution in [3.8, 4) is 0 Å². The molecule has 0 spiro atoms. The van der Waals surface area contributed by atoms with Gasteiger partial charge in [0.15, 0.2) is 5.65 Å². The molecule has 0 aromatic carbocycles. The molecule has 0 aliphatic rings. The zero-order chi connectivity index (χ0) is 13.0. The Hall–Kier alpha value is -1.36. The molecule has 6 heteroatoms. The minimum absolute atomic E-state index is 0.740. The SMILES string of the molecule is CN(CCCCCCl)c1ncnc2c1cnn2C.